The van der Waals surface area contributed by atoms with Crippen LogP contribution in [0.1, 0.15) is 51.1 Å². The minimum absolute atomic E-state index is 0.0291. The molecule has 25 heavy (non-hydrogen) atoms. The van der Waals surface area contributed by atoms with E-state index in [2.05, 4.69) is 50.7 Å². The lowest BCUT2D eigenvalue weighted by molar-refractivity contribution is 0.493. The van der Waals surface area contributed by atoms with Gasteiger partial charge in [-0.05, 0) is 51.5 Å². The van der Waals surface area contributed by atoms with Crippen molar-refractivity contribution in [3.63, 3.8) is 0 Å². The smallest absolute Gasteiger partial charge is 0.232 e. The summed E-state index contributed by atoms with van der Waals surface area (Å²) in [6.07, 6.45) is 6.96. The number of hydrogen-bond acceptors (Lipinski definition) is 5. The number of anilines is 3. The summed E-state index contributed by atoms with van der Waals surface area (Å²) in [5.41, 5.74) is 2.04. The first-order chi connectivity index (χ1) is 12.1. The SMILES string of the molecule is CC(C)(Nc1nc(Nc2cc(C3CC3)[nH]n2)nc2[nH]ccc12)C1CC1. The molecule has 0 aromatic carbocycles. The molecule has 0 spiro atoms. The largest absolute Gasteiger partial charge is 0.364 e. The minimum atomic E-state index is 0.0291. The Morgan fingerprint density at radius 2 is 2.00 bits per heavy atom. The van der Waals surface area contributed by atoms with E-state index in [-0.39, 0.29) is 5.54 Å². The Labute approximate surface area is 146 Å². The van der Waals surface area contributed by atoms with E-state index in [0.29, 0.717) is 17.8 Å². The lowest BCUT2D eigenvalue weighted by Crippen LogP contribution is -2.33. The standard InChI is InChI=1S/C18H23N7/c1-18(2,11-5-6-11)23-16-12-7-8-19-15(12)21-17(22-16)20-14-9-13(24-25-14)10-3-4-10/h7-11H,3-6H2,1-2H3,(H4,19,20,21,22,23,24,25). The van der Waals surface area contributed by atoms with Crippen LogP contribution in [0.4, 0.5) is 17.6 Å². The van der Waals surface area contributed by atoms with E-state index in [1.165, 1.54) is 31.4 Å². The zero-order valence-electron chi connectivity index (χ0n) is 14.6. The van der Waals surface area contributed by atoms with Crippen molar-refractivity contribution in [1.82, 2.24) is 25.1 Å². The lowest BCUT2D eigenvalue weighted by Gasteiger charge is -2.27. The summed E-state index contributed by atoms with van der Waals surface area (Å²) in [5, 5.41) is 15.3. The first-order valence-electron chi connectivity index (χ1n) is 9.04. The monoisotopic (exact) mass is 337 g/mol. The second-order valence-corrected chi connectivity index (χ2v) is 7.86. The van der Waals surface area contributed by atoms with Gasteiger partial charge in [-0.3, -0.25) is 5.10 Å². The molecule has 130 valence electrons. The Hall–Kier alpha value is -2.57. The predicted molar refractivity (Wildman–Crippen MR) is 98.2 cm³/mol. The second-order valence-electron chi connectivity index (χ2n) is 7.86. The van der Waals surface area contributed by atoms with Crippen molar-refractivity contribution >= 4 is 28.6 Å². The normalized spacial score (nSPS) is 17.8. The molecule has 0 radical (unpaired) electrons. The second kappa shape index (κ2) is 5.21. The van der Waals surface area contributed by atoms with Gasteiger partial charge in [0.25, 0.3) is 0 Å². The first-order valence-corrected chi connectivity index (χ1v) is 9.04. The van der Waals surface area contributed by atoms with E-state index < -0.39 is 0 Å². The van der Waals surface area contributed by atoms with Crippen molar-refractivity contribution in [2.75, 3.05) is 10.6 Å². The van der Waals surface area contributed by atoms with E-state index in [9.17, 15) is 0 Å². The minimum Gasteiger partial charge on any atom is -0.364 e. The Balaban J connectivity index is 1.45. The van der Waals surface area contributed by atoms with Crippen LogP contribution >= 0.6 is 0 Å². The molecule has 5 rings (SSSR count). The first kappa shape index (κ1) is 14.7. The molecule has 2 fully saturated rings. The molecule has 7 heteroatoms. The topological polar surface area (TPSA) is 94.3 Å². The number of rotatable bonds is 6. The van der Waals surface area contributed by atoms with Crippen molar-refractivity contribution in [3.05, 3.63) is 24.0 Å². The quantitative estimate of drug-likeness (QED) is 0.547. The number of nitrogens with one attached hydrogen (secondary N) is 4. The molecular weight excluding hydrogens is 314 g/mol. The molecule has 7 nitrogen and oxygen atoms in total. The average Bonchev–Trinajstić information content (AvgIpc) is 3.49. The Morgan fingerprint density at radius 3 is 2.76 bits per heavy atom. The van der Waals surface area contributed by atoms with Gasteiger partial charge < -0.3 is 15.6 Å². The summed E-state index contributed by atoms with van der Waals surface area (Å²) >= 11 is 0. The summed E-state index contributed by atoms with van der Waals surface area (Å²) in [6.45, 7) is 4.49. The van der Waals surface area contributed by atoms with Gasteiger partial charge in [0.05, 0.1) is 5.39 Å². The van der Waals surface area contributed by atoms with Crippen LogP contribution in [0.5, 0.6) is 0 Å². The average molecular weight is 337 g/mol. The molecule has 3 heterocycles. The van der Waals surface area contributed by atoms with Crippen molar-refractivity contribution in [3.8, 4) is 0 Å². The lowest BCUT2D eigenvalue weighted by atomic mass is 9.99. The van der Waals surface area contributed by atoms with Gasteiger partial charge in [-0.2, -0.15) is 15.1 Å². The van der Waals surface area contributed by atoms with Crippen LogP contribution in [-0.2, 0) is 0 Å². The van der Waals surface area contributed by atoms with E-state index in [1.54, 1.807) is 0 Å². The third-order valence-corrected chi connectivity index (χ3v) is 5.31. The molecular formula is C18H23N7. The van der Waals surface area contributed by atoms with Gasteiger partial charge in [-0.25, -0.2) is 0 Å². The molecule has 2 aliphatic rings. The van der Waals surface area contributed by atoms with E-state index in [4.69, 9.17) is 4.98 Å². The Kier molecular flexibility index (Phi) is 3.07. The van der Waals surface area contributed by atoms with Crippen LogP contribution in [0.3, 0.4) is 0 Å². The van der Waals surface area contributed by atoms with Crippen LogP contribution in [0.2, 0.25) is 0 Å². The third-order valence-electron chi connectivity index (χ3n) is 5.31. The highest BCUT2D eigenvalue weighted by Crippen LogP contribution is 2.42. The van der Waals surface area contributed by atoms with Gasteiger partial charge in [0.1, 0.15) is 11.5 Å². The summed E-state index contributed by atoms with van der Waals surface area (Å²) in [6, 6.07) is 4.07. The highest BCUT2D eigenvalue weighted by molar-refractivity contribution is 5.88. The fourth-order valence-electron chi connectivity index (χ4n) is 3.42. The summed E-state index contributed by atoms with van der Waals surface area (Å²) in [5.74, 6) is 3.54. The van der Waals surface area contributed by atoms with Gasteiger partial charge in [-0.15, -0.1) is 0 Å². The number of H-pyrrole nitrogens is 2. The van der Waals surface area contributed by atoms with Crippen LogP contribution in [0.15, 0.2) is 18.3 Å². The molecule has 0 amide bonds. The van der Waals surface area contributed by atoms with Gasteiger partial charge in [0.15, 0.2) is 5.82 Å². The van der Waals surface area contributed by atoms with E-state index >= 15 is 0 Å². The van der Waals surface area contributed by atoms with E-state index in [0.717, 1.165) is 22.7 Å². The molecule has 4 N–H and O–H groups in total. The predicted octanol–water partition coefficient (Wildman–Crippen LogP) is 3.90. The maximum atomic E-state index is 4.73. The zero-order chi connectivity index (χ0) is 17.0. The van der Waals surface area contributed by atoms with Crippen LogP contribution in [-0.4, -0.2) is 30.7 Å². The van der Waals surface area contributed by atoms with Crippen molar-refractivity contribution in [2.45, 2.75) is 51.0 Å². The van der Waals surface area contributed by atoms with Crippen LogP contribution in [0.25, 0.3) is 11.0 Å². The Bertz CT molecular complexity index is 915. The highest BCUT2D eigenvalue weighted by Gasteiger charge is 2.38. The highest BCUT2D eigenvalue weighted by atomic mass is 15.2. The van der Waals surface area contributed by atoms with Gasteiger partial charge in [0.2, 0.25) is 5.95 Å². The Morgan fingerprint density at radius 1 is 1.16 bits per heavy atom. The fraction of sp³-hybridized carbons (Fsp3) is 0.500. The molecule has 0 unspecified atom stereocenters. The number of aromatic nitrogens is 5. The summed E-state index contributed by atoms with van der Waals surface area (Å²) in [7, 11) is 0. The molecule has 3 aromatic heterocycles. The molecule has 2 aliphatic carbocycles. The molecule has 0 aliphatic heterocycles. The molecule has 0 atom stereocenters. The summed E-state index contributed by atoms with van der Waals surface area (Å²) < 4.78 is 0. The van der Waals surface area contributed by atoms with Crippen molar-refractivity contribution in [1.29, 1.82) is 0 Å². The zero-order valence-corrected chi connectivity index (χ0v) is 14.6. The van der Waals surface area contributed by atoms with Crippen LogP contribution in [0, 0.1) is 5.92 Å². The van der Waals surface area contributed by atoms with Gasteiger partial charge in [0, 0.05) is 29.4 Å². The van der Waals surface area contributed by atoms with Crippen LogP contribution < -0.4 is 10.6 Å². The maximum absolute atomic E-state index is 4.73. The summed E-state index contributed by atoms with van der Waals surface area (Å²) in [4.78, 5) is 12.5. The number of fused-ring (bicyclic) bond motifs is 1. The number of hydrogen-bond donors (Lipinski definition) is 4. The van der Waals surface area contributed by atoms with Gasteiger partial charge in [-0.1, -0.05) is 0 Å². The third kappa shape index (κ3) is 2.83. The number of nitrogens with zero attached hydrogens (tertiary/aromatic N) is 3. The molecule has 0 bridgehead atoms. The van der Waals surface area contributed by atoms with Gasteiger partial charge >= 0.3 is 0 Å². The number of aromatic amines is 2. The molecule has 2 saturated carbocycles. The van der Waals surface area contributed by atoms with Crippen molar-refractivity contribution < 1.29 is 0 Å². The maximum Gasteiger partial charge on any atom is 0.232 e. The van der Waals surface area contributed by atoms with Crippen molar-refractivity contribution in [2.24, 2.45) is 5.92 Å². The van der Waals surface area contributed by atoms with E-state index in [1.807, 2.05) is 12.3 Å². The fourth-order valence-corrected chi connectivity index (χ4v) is 3.42. The molecule has 3 aromatic rings. The molecule has 0 saturated heterocycles.